The molecule has 4 heteroatoms. The van der Waals surface area contributed by atoms with Crippen LogP contribution in [0, 0.1) is 5.41 Å². The van der Waals surface area contributed by atoms with Crippen LogP contribution < -0.4 is 5.32 Å². The van der Waals surface area contributed by atoms with Gasteiger partial charge in [0.1, 0.15) is 0 Å². The lowest BCUT2D eigenvalue weighted by molar-refractivity contribution is -0.150. The maximum Gasteiger partial charge on any atom is 0.230 e. The highest BCUT2D eigenvalue weighted by atomic mass is 16.5. The van der Waals surface area contributed by atoms with Crippen LogP contribution in [-0.2, 0) is 9.53 Å². The van der Waals surface area contributed by atoms with Crippen LogP contribution in [0.3, 0.4) is 0 Å². The highest BCUT2D eigenvalue weighted by Crippen LogP contribution is 2.34. The molecule has 2 unspecified atom stereocenters. The topological polar surface area (TPSA) is 41.6 Å². The fraction of sp³-hybridized carbons (Fsp3) is 0.929. The second-order valence-electron chi connectivity index (χ2n) is 5.74. The van der Waals surface area contributed by atoms with Crippen LogP contribution in [0.5, 0.6) is 0 Å². The van der Waals surface area contributed by atoms with E-state index in [-0.39, 0.29) is 11.5 Å². The van der Waals surface area contributed by atoms with E-state index in [0.717, 1.165) is 51.9 Å². The minimum atomic E-state index is -0.149. The maximum atomic E-state index is 12.8. The highest BCUT2D eigenvalue weighted by molar-refractivity contribution is 5.83. The molecular weight excluding hydrogens is 228 g/mol. The Labute approximate surface area is 110 Å². The van der Waals surface area contributed by atoms with Gasteiger partial charge >= 0.3 is 0 Å². The third kappa shape index (κ3) is 2.86. The Hall–Kier alpha value is -0.610. The fourth-order valence-electron chi connectivity index (χ4n) is 3.29. The summed E-state index contributed by atoms with van der Waals surface area (Å²) < 4.78 is 5.53. The summed E-state index contributed by atoms with van der Waals surface area (Å²) in [5.74, 6) is 0.353. The molecular formula is C14H26N2O2. The first-order valence-corrected chi connectivity index (χ1v) is 7.30. The zero-order valence-corrected chi connectivity index (χ0v) is 11.7. The molecule has 2 saturated heterocycles. The Kier molecular flexibility index (Phi) is 4.62. The predicted octanol–water partition coefficient (Wildman–Crippen LogP) is 1.40. The lowest BCUT2D eigenvalue weighted by atomic mass is 9.75. The molecule has 0 radical (unpaired) electrons. The van der Waals surface area contributed by atoms with Crippen molar-refractivity contribution >= 4 is 5.91 Å². The van der Waals surface area contributed by atoms with Crippen LogP contribution in [0.1, 0.15) is 39.5 Å². The molecule has 1 amide bonds. The molecule has 2 aliphatic heterocycles. The zero-order valence-electron chi connectivity index (χ0n) is 11.7. The van der Waals surface area contributed by atoms with Crippen LogP contribution in [0.25, 0.3) is 0 Å². The van der Waals surface area contributed by atoms with Crippen molar-refractivity contribution in [3.8, 4) is 0 Å². The number of amides is 1. The summed E-state index contributed by atoms with van der Waals surface area (Å²) in [5, 5.41) is 3.41. The van der Waals surface area contributed by atoms with Crippen LogP contribution in [0.15, 0.2) is 0 Å². The molecule has 2 atom stereocenters. The molecule has 0 spiro atoms. The van der Waals surface area contributed by atoms with Gasteiger partial charge in [-0.3, -0.25) is 4.79 Å². The van der Waals surface area contributed by atoms with Crippen molar-refractivity contribution in [2.45, 2.75) is 45.6 Å². The molecule has 4 nitrogen and oxygen atoms in total. The first-order chi connectivity index (χ1) is 8.68. The lowest BCUT2D eigenvalue weighted by Crippen LogP contribution is -2.55. The monoisotopic (exact) mass is 254 g/mol. The zero-order chi connectivity index (χ0) is 13.0. The third-order valence-electron chi connectivity index (χ3n) is 4.18. The molecule has 0 aliphatic carbocycles. The molecule has 2 rings (SSSR count). The number of carbonyl (C=O) groups is 1. The van der Waals surface area contributed by atoms with Crippen LogP contribution in [0.4, 0.5) is 0 Å². The number of piperidine rings is 1. The number of nitrogens with zero attached hydrogens (tertiary/aromatic N) is 1. The van der Waals surface area contributed by atoms with E-state index in [9.17, 15) is 4.79 Å². The summed E-state index contributed by atoms with van der Waals surface area (Å²) in [5.41, 5.74) is -0.149. The Morgan fingerprint density at radius 2 is 2.39 bits per heavy atom. The molecule has 104 valence electrons. The normalized spacial score (nSPS) is 33.4. The summed E-state index contributed by atoms with van der Waals surface area (Å²) in [6.07, 6.45) is 4.42. The number of ether oxygens (including phenoxy) is 1. The average Bonchev–Trinajstić information content (AvgIpc) is 2.39. The van der Waals surface area contributed by atoms with Crippen molar-refractivity contribution in [2.24, 2.45) is 5.41 Å². The Bertz CT molecular complexity index is 282. The standard InChI is InChI=1S/C14H26N2O2/c1-3-5-14(6-4-7-15-11-14)13(17)16-8-9-18-12(2)10-16/h12,15H,3-11H2,1-2H3. The van der Waals surface area contributed by atoms with Gasteiger partial charge in [0.15, 0.2) is 0 Å². The van der Waals surface area contributed by atoms with E-state index < -0.39 is 0 Å². The molecule has 18 heavy (non-hydrogen) atoms. The number of carbonyl (C=O) groups excluding carboxylic acids is 1. The molecule has 2 aliphatic rings. The van der Waals surface area contributed by atoms with E-state index >= 15 is 0 Å². The molecule has 2 heterocycles. The molecule has 0 aromatic carbocycles. The van der Waals surface area contributed by atoms with Gasteiger partial charge in [0.2, 0.25) is 5.91 Å². The van der Waals surface area contributed by atoms with E-state index in [1.54, 1.807) is 0 Å². The van der Waals surface area contributed by atoms with Gasteiger partial charge in [-0.15, -0.1) is 0 Å². The van der Waals surface area contributed by atoms with E-state index in [1.807, 2.05) is 11.8 Å². The number of hydrogen-bond donors (Lipinski definition) is 1. The van der Waals surface area contributed by atoms with E-state index in [1.165, 1.54) is 0 Å². The van der Waals surface area contributed by atoms with Crippen molar-refractivity contribution in [1.29, 1.82) is 0 Å². The molecule has 1 N–H and O–H groups in total. The first-order valence-electron chi connectivity index (χ1n) is 7.30. The Morgan fingerprint density at radius 1 is 1.56 bits per heavy atom. The Morgan fingerprint density at radius 3 is 3.00 bits per heavy atom. The smallest absolute Gasteiger partial charge is 0.230 e. The molecule has 0 saturated carbocycles. The van der Waals surface area contributed by atoms with Gasteiger partial charge in [-0.05, 0) is 32.7 Å². The van der Waals surface area contributed by atoms with E-state index in [4.69, 9.17) is 4.74 Å². The van der Waals surface area contributed by atoms with Crippen molar-refractivity contribution in [3.63, 3.8) is 0 Å². The lowest BCUT2D eigenvalue weighted by Gasteiger charge is -2.42. The van der Waals surface area contributed by atoms with Crippen LogP contribution in [-0.4, -0.2) is 49.7 Å². The van der Waals surface area contributed by atoms with Crippen molar-refractivity contribution in [2.75, 3.05) is 32.8 Å². The van der Waals surface area contributed by atoms with E-state index in [2.05, 4.69) is 12.2 Å². The van der Waals surface area contributed by atoms with Crippen molar-refractivity contribution in [1.82, 2.24) is 10.2 Å². The summed E-state index contributed by atoms with van der Waals surface area (Å²) in [7, 11) is 0. The SMILES string of the molecule is CCCC1(C(=O)N2CCOC(C)C2)CCCNC1. The van der Waals surface area contributed by atoms with E-state index in [0.29, 0.717) is 12.5 Å². The van der Waals surface area contributed by atoms with Gasteiger partial charge in [-0.2, -0.15) is 0 Å². The van der Waals surface area contributed by atoms with Gasteiger partial charge in [-0.25, -0.2) is 0 Å². The number of nitrogens with one attached hydrogen (secondary N) is 1. The number of morpholine rings is 1. The largest absolute Gasteiger partial charge is 0.375 e. The maximum absolute atomic E-state index is 12.8. The second-order valence-corrected chi connectivity index (χ2v) is 5.74. The van der Waals surface area contributed by atoms with Gasteiger partial charge in [0.25, 0.3) is 0 Å². The summed E-state index contributed by atoms with van der Waals surface area (Å²) >= 11 is 0. The third-order valence-corrected chi connectivity index (χ3v) is 4.18. The van der Waals surface area contributed by atoms with Gasteiger partial charge in [0.05, 0.1) is 18.1 Å². The van der Waals surface area contributed by atoms with Gasteiger partial charge < -0.3 is 15.0 Å². The fourth-order valence-corrected chi connectivity index (χ4v) is 3.29. The van der Waals surface area contributed by atoms with Crippen molar-refractivity contribution in [3.05, 3.63) is 0 Å². The van der Waals surface area contributed by atoms with Crippen LogP contribution in [0.2, 0.25) is 0 Å². The second kappa shape index (κ2) is 6.02. The number of hydrogen-bond acceptors (Lipinski definition) is 3. The summed E-state index contributed by atoms with van der Waals surface area (Å²) in [4.78, 5) is 14.9. The van der Waals surface area contributed by atoms with Crippen LogP contribution >= 0.6 is 0 Å². The van der Waals surface area contributed by atoms with Gasteiger partial charge in [0, 0.05) is 19.6 Å². The predicted molar refractivity (Wildman–Crippen MR) is 71.4 cm³/mol. The minimum absolute atomic E-state index is 0.149. The quantitative estimate of drug-likeness (QED) is 0.828. The average molecular weight is 254 g/mol. The van der Waals surface area contributed by atoms with Crippen molar-refractivity contribution < 1.29 is 9.53 Å². The molecule has 0 aromatic heterocycles. The number of rotatable bonds is 3. The summed E-state index contributed by atoms with van der Waals surface area (Å²) in [6, 6.07) is 0. The summed E-state index contributed by atoms with van der Waals surface area (Å²) in [6.45, 7) is 8.32. The highest BCUT2D eigenvalue weighted by Gasteiger charge is 2.42. The molecule has 0 aromatic rings. The molecule has 0 bridgehead atoms. The molecule has 2 fully saturated rings. The first kappa shape index (κ1) is 13.8. The van der Waals surface area contributed by atoms with Gasteiger partial charge in [-0.1, -0.05) is 13.3 Å². The Balaban J connectivity index is 2.07. The minimum Gasteiger partial charge on any atom is -0.375 e.